The molecule has 1 heterocycles. The molecule has 0 radical (unpaired) electrons. The molecule has 2 atom stereocenters. The summed E-state index contributed by atoms with van der Waals surface area (Å²) >= 11 is 0. The van der Waals surface area contributed by atoms with E-state index in [4.69, 9.17) is 4.74 Å². The maximum Gasteiger partial charge on any atom is 0.317 e. The molecule has 1 aromatic carbocycles. The largest absolute Gasteiger partial charge is 0.375 e. The smallest absolute Gasteiger partial charge is 0.317 e. The van der Waals surface area contributed by atoms with Gasteiger partial charge >= 0.3 is 6.03 Å². The number of hydrogen-bond acceptors (Lipinski definition) is 4. The van der Waals surface area contributed by atoms with Crippen molar-refractivity contribution in [3.63, 3.8) is 0 Å². The summed E-state index contributed by atoms with van der Waals surface area (Å²) in [4.78, 5) is 14.0. The minimum atomic E-state index is -3.04. The lowest BCUT2D eigenvalue weighted by Crippen LogP contribution is -2.46. The van der Waals surface area contributed by atoms with E-state index in [9.17, 15) is 13.2 Å². The Morgan fingerprint density at radius 3 is 2.70 bits per heavy atom. The zero-order chi connectivity index (χ0) is 16.9. The van der Waals surface area contributed by atoms with E-state index < -0.39 is 9.84 Å². The zero-order valence-corrected chi connectivity index (χ0v) is 14.4. The minimum Gasteiger partial charge on any atom is -0.375 e. The first kappa shape index (κ1) is 17.7. The van der Waals surface area contributed by atoms with Crippen LogP contribution in [0.1, 0.15) is 25.0 Å². The van der Waals surface area contributed by atoms with Crippen LogP contribution < -0.4 is 5.32 Å². The van der Waals surface area contributed by atoms with E-state index in [0.717, 1.165) is 5.56 Å². The number of urea groups is 1. The van der Waals surface area contributed by atoms with Crippen molar-refractivity contribution < 1.29 is 17.9 Å². The van der Waals surface area contributed by atoms with Gasteiger partial charge in [0.25, 0.3) is 0 Å². The van der Waals surface area contributed by atoms with Crippen LogP contribution in [-0.4, -0.2) is 57.1 Å². The molecular weight excluding hydrogens is 316 g/mol. The van der Waals surface area contributed by atoms with Gasteiger partial charge in [0.2, 0.25) is 0 Å². The summed E-state index contributed by atoms with van der Waals surface area (Å²) in [6, 6.07) is 9.32. The molecule has 0 spiro atoms. The summed E-state index contributed by atoms with van der Waals surface area (Å²) in [6.45, 7) is 2.46. The number of benzene rings is 1. The number of carbonyl (C=O) groups excluding carboxylic acids is 1. The Kier molecular flexibility index (Phi) is 6.01. The van der Waals surface area contributed by atoms with Crippen molar-refractivity contribution in [2.24, 2.45) is 0 Å². The van der Waals surface area contributed by atoms with Gasteiger partial charge in [-0.25, -0.2) is 13.2 Å². The van der Waals surface area contributed by atoms with E-state index in [2.05, 4.69) is 5.32 Å². The topological polar surface area (TPSA) is 75.7 Å². The van der Waals surface area contributed by atoms with E-state index in [1.54, 1.807) is 12.0 Å². The van der Waals surface area contributed by atoms with Gasteiger partial charge in [-0.05, 0) is 18.9 Å². The van der Waals surface area contributed by atoms with Gasteiger partial charge in [-0.15, -0.1) is 0 Å². The number of ether oxygens (including phenoxy) is 1. The van der Waals surface area contributed by atoms with Crippen LogP contribution in [0.15, 0.2) is 30.3 Å². The second-order valence-corrected chi connectivity index (χ2v) is 8.11. The van der Waals surface area contributed by atoms with Crippen LogP contribution in [0.2, 0.25) is 0 Å². The molecule has 2 amide bonds. The van der Waals surface area contributed by atoms with Gasteiger partial charge in [-0.1, -0.05) is 30.3 Å². The molecule has 1 fully saturated rings. The van der Waals surface area contributed by atoms with E-state index in [1.165, 1.54) is 0 Å². The molecule has 2 rings (SSSR count). The highest BCUT2D eigenvalue weighted by molar-refractivity contribution is 7.91. The molecule has 1 saturated heterocycles. The lowest BCUT2D eigenvalue weighted by atomic mass is 10.1. The Hall–Kier alpha value is -1.60. The molecule has 0 aromatic heterocycles. The van der Waals surface area contributed by atoms with Gasteiger partial charge in [-0.3, -0.25) is 0 Å². The molecule has 23 heavy (non-hydrogen) atoms. The van der Waals surface area contributed by atoms with Gasteiger partial charge < -0.3 is 15.0 Å². The number of amides is 2. The Morgan fingerprint density at radius 1 is 1.35 bits per heavy atom. The van der Waals surface area contributed by atoms with Gasteiger partial charge in [-0.2, -0.15) is 0 Å². The molecule has 6 nitrogen and oxygen atoms in total. The number of hydrogen-bond donors (Lipinski definition) is 1. The van der Waals surface area contributed by atoms with E-state index >= 15 is 0 Å². The molecule has 128 valence electrons. The maximum atomic E-state index is 12.4. The van der Waals surface area contributed by atoms with E-state index in [0.29, 0.717) is 13.0 Å². The molecule has 1 aromatic rings. The quantitative estimate of drug-likeness (QED) is 0.903. The maximum absolute atomic E-state index is 12.4. The summed E-state index contributed by atoms with van der Waals surface area (Å²) in [5.41, 5.74) is 0.988. The summed E-state index contributed by atoms with van der Waals surface area (Å²) in [5, 5.41) is 2.85. The van der Waals surface area contributed by atoms with Crippen LogP contribution in [0.5, 0.6) is 0 Å². The summed E-state index contributed by atoms with van der Waals surface area (Å²) < 4.78 is 28.8. The predicted molar refractivity (Wildman–Crippen MR) is 89.0 cm³/mol. The van der Waals surface area contributed by atoms with E-state index in [-0.39, 0.29) is 36.2 Å². The summed E-state index contributed by atoms with van der Waals surface area (Å²) in [5.74, 6) is 0.166. The number of nitrogens with one attached hydrogen (secondary N) is 1. The Morgan fingerprint density at radius 2 is 2.04 bits per heavy atom. The fraction of sp³-hybridized carbons (Fsp3) is 0.562. The Bertz CT molecular complexity index is 618. The number of rotatable bonds is 4. The van der Waals surface area contributed by atoms with Crippen LogP contribution in [0.3, 0.4) is 0 Å². The molecular formula is C16H24N2O4S. The number of sulfone groups is 1. The van der Waals surface area contributed by atoms with Crippen molar-refractivity contribution >= 4 is 15.9 Å². The van der Waals surface area contributed by atoms with Crippen molar-refractivity contribution in [1.29, 1.82) is 0 Å². The van der Waals surface area contributed by atoms with Crippen molar-refractivity contribution in [2.75, 3.05) is 31.7 Å². The second kappa shape index (κ2) is 7.79. The molecule has 0 aliphatic carbocycles. The summed E-state index contributed by atoms with van der Waals surface area (Å²) in [7, 11) is -1.44. The second-order valence-electron chi connectivity index (χ2n) is 5.80. The molecule has 1 aliphatic heterocycles. The van der Waals surface area contributed by atoms with Crippen LogP contribution >= 0.6 is 0 Å². The first-order valence-corrected chi connectivity index (χ1v) is 9.57. The third kappa shape index (κ3) is 4.94. The highest BCUT2D eigenvalue weighted by atomic mass is 32.2. The summed E-state index contributed by atoms with van der Waals surface area (Å²) in [6.07, 6.45) is 0.244. The van der Waals surface area contributed by atoms with Crippen molar-refractivity contribution in [1.82, 2.24) is 10.2 Å². The van der Waals surface area contributed by atoms with Gasteiger partial charge in [0.15, 0.2) is 9.84 Å². The third-order valence-corrected chi connectivity index (χ3v) is 5.84. The Balaban J connectivity index is 1.95. The highest BCUT2D eigenvalue weighted by Gasteiger charge is 2.28. The van der Waals surface area contributed by atoms with Crippen LogP contribution in [-0.2, 0) is 14.6 Å². The fourth-order valence-electron chi connectivity index (χ4n) is 2.65. The predicted octanol–water partition coefficient (Wildman–Crippen LogP) is 1.59. The number of methoxy groups -OCH3 is 1. The average molecular weight is 340 g/mol. The third-order valence-electron chi connectivity index (χ3n) is 4.18. The molecule has 0 saturated carbocycles. The SMILES string of the molecule is CO[C@@H](CNC(=O)N1CCS(=O)(=O)CC[C@@H]1C)c1ccccc1. The lowest BCUT2D eigenvalue weighted by molar-refractivity contribution is 0.100. The van der Waals surface area contributed by atoms with Crippen LogP contribution in [0.4, 0.5) is 4.79 Å². The first-order valence-electron chi connectivity index (χ1n) is 7.75. The average Bonchev–Trinajstić information content (AvgIpc) is 2.67. The highest BCUT2D eigenvalue weighted by Crippen LogP contribution is 2.16. The monoisotopic (exact) mass is 340 g/mol. The molecule has 1 N–H and O–H groups in total. The van der Waals surface area contributed by atoms with Crippen LogP contribution in [0.25, 0.3) is 0 Å². The molecule has 0 bridgehead atoms. The van der Waals surface area contributed by atoms with E-state index in [1.807, 2.05) is 37.3 Å². The lowest BCUT2D eigenvalue weighted by Gasteiger charge is -2.27. The van der Waals surface area contributed by atoms with Gasteiger partial charge in [0.1, 0.15) is 0 Å². The van der Waals surface area contributed by atoms with Crippen molar-refractivity contribution in [2.45, 2.75) is 25.5 Å². The first-order chi connectivity index (χ1) is 10.9. The van der Waals surface area contributed by atoms with Crippen LogP contribution in [0, 0.1) is 0 Å². The molecule has 1 aliphatic rings. The number of carbonyl (C=O) groups is 1. The van der Waals surface area contributed by atoms with Gasteiger partial charge in [0.05, 0.1) is 17.6 Å². The molecule has 0 unspecified atom stereocenters. The Labute approximate surface area is 137 Å². The molecule has 7 heteroatoms. The van der Waals surface area contributed by atoms with Crippen molar-refractivity contribution in [3.05, 3.63) is 35.9 Å². The standard InChI is InChI=1S/C16H24N2O4S/c1-13-8-10-23(20,21)11-9-18(13)16(19)17-12-15(22-2)14-6-4-3-5-7-14/h3-7,13,15H,8-12H2,1-2H3,(H,17,19)/t13-,15-/m0/s1. The van der Waals surface area contributed by atoms with Crippen molar-refractivity contribution in [3.8, 4) is 0 Å². The number of nitrogens with zero attached hydrogens (tertiary/aromatic N) is 1. The normalized spacial score (nSPS) is 22.2. The van der Waals surface area contributed by atoms with Gasteiger partial charge in [0, 0.05) is 26.2 Å². The minimum absolute atomic E-state index is 0.0250. The zero-order valence-electron chi connectivity index (χ0n) is 13.6. The fourth-order valence-corrected chi connectivity index (χ4v) is 4.03.